The molecule has 106 valence electrons. The SMILES string of the molecule is C#CCNc1ccc(C(=O)N2CCOCC2)cc1OC. The molecule has 1 aromatic rings. The molecule has 0 saturated carbocycles. The zero-order valence-corrected chi connectivity index (χ0v) is 11.5. The molecule has 0 bridgehead atoms. The van der Waals surface area contributed by atoms with Gasteiger partial charge in [0.1, 0.15) is 5.75 Å². The summed E-state index contributed by atoms with van der Waals surface area (Å²) in [5.74, 6) is 3.11. The summed E-state index contributed by atoms with van der Waals surface area (Å²) in [5.41, 5.74) is 1.39. The average molecular weight is 274 g/mol. The number of carbonyl (C=O) groups is 1. The molecule has 1 aliphatic rings. The van der Waals surface area contributed by atoms with Crippen LogP contribution in [0.1, 0.15) is 10.4 Å². The molecule has 20 heavy (non-hydrogen) atoms. The Bertz CT molecular complexity index is 516. The molecule has 0 unspecified atom stereocenters. The van der Waals surface area contributed by atoms with Gasteiger partial charge in [0.25, 0.3) is 5.91 Å². The zero-order chi connectivity index (χ0) is 14.4. The number of rotatable bonds is 4. The van der Waals surface area contributed by atoms with Gasteiger partial charge in [0.05, 0.1) is 32.6 Å². The van der Waals surface area contributed by atoms with E-state index in [0.29, 0.717) is 44.2 Å². The Kier molecular flexibility index (Phi) is 4.85. The molecule has 2 rings (SSSR count). The lowest BCUT2D eigenvalue weighted by Crippen LogP contribution is -2.40. The van der Waals surface area contributed by atoms with E-state index in [1.54, 1.807) is 24.1 Å². The molecule has 0 spiro atoms. The Morgan fingerprint density at radius 2 is 2.25 bits per heavy atom. The molecule has 1 saturated heterocycles. The van der Waals surface area contributed by atoms with Crippen molar-refractivity contribution in [2.24, 2.45) is 0 Å². The number of methoxy groups -OCH3 is 1. The van der Waals surface area contributed by atoms with Crippen LogP contribution in [0, 0.1) is 12.3 Å². The van der Waals surface area contributed by atoms with Crippen molar-refractivity contribution in [1.82, 2.24) is 4.90 Å². The van der Waals surface area contributed by atoms with Crippen LogP contribution in [0.4, 0.5) is 5.69 Å². The van der Waals surface area contributed by atoms with Crippen molar-refractivity contribution in [3.8, 4) is 18.1 Å². The van der Waals surface area contributed by atoms with E-state index in [9.17, 15) is 4.79 Å². The Balaban J connectivity index is 2.15. The first kappa shape index (κ1) is 14.2. The van der Waals surface area contributed by atoms with E-state index in [-0.39, 0.29) is 5.91 Å². The predicted octanol–water partition coefficient (Wildman–Crippen LogP) is 1.21. The van der Waals surface area contributed by atoms with Gasteiger partial charge >= 0.3 is 0 Å². The summed E-state index contributed by atoms with van der Waals surface area (Å²) in [6, 6.07) is 5.32. The van der Waals surface area contributed by atoms with E-state index < -0.39 is 0 Å². The van der Waals surface area contributed by atoms with Crippen LogP contribution in [0.15, 0.2) is 18.2 Å². The first-order valence-corrected chi connectivity index (χ1v) is 6.48. The number of ether oxygens (including phenoxy) is 2. The maximum Gasteiger partial charge on any atom is 0.254 e. The number of nitrogens with one attached hydrogen (secondary N) is 1. The smallest absolute Gasteiger partial charge is 0.254 e. The van der Waals surface area contributed by atoms with Crippen molar-refractivity contribution in [3.05, 3.63) is 23.8 Å². The lowest BCUT2D eigenvalue weighted by Gasteiger charge is -2.27. The van der Waals surface area contributed by atoms with Crippen LogP contribution in [-0.2, 0) is 4.74 Å². The van der Waals surface area contributed by atoms with Crippen molar-refractivity contribution in [2.75, 3.05) is 45.3 Å². The summed E-state index contributed by atoms with van der Waals surface area (Å²) in [4.78, 5) is 14.1. The maximum absolute atomic E-state index is 12.4. The van der Waals surface area contributed by atoms with Gasteiger partial charge in [-0.2, -0.15) is 0 Å². The minimum atomic E-state index is -0.00454. The number of amides is 1. The van der Waals surface area contributed by atoms with Gasteiger partial charge in [0, 0.05) is 18.7 Å². The molecular formula is C15H18N2O3. The molecule has 1 heterocycles. The third-order valence-corrected chi connectivity index (χ3v) is 3.13. The second-order valence-electron chi connectivity index (χ2n) is 4.38. The summed E-state index contributed by atoms with van der Waals surface area (Å²) in [6.07, 6.45) is 5.22. The minimum Gasteiger partial charge on any atom is -0.495 e. The van der Waals surface area contributed by atoms with Gasteiger partial charge in [-0.25, -0.2) is 0 Å². The highest BCUT2D eigenvalue weighted by Gasteiger charge is 2.19. The normalized spacial score (nSPS) is 14.5. The molecule has 0 radical (unpaired) electrons. The van der Waals surface area contributed by atoms with E-state index in [4.69, 9.17) is 15.9 Å². The monoisotopic (exact) mass is 274 g/mol. The molecule has 1 aromatic carbocycles. The molecule has 1 N–H and O–H groups in total. The van der Waals surface area contributed by atoms with Crippen LogP contribution in [0.5, 0.6) is 5.75 Å². The molecule has 0 aromatic heterocycles. The summed E-state index contributed by atoms with van der Waals surface area (Å²) < 4.78 is 10.5. The molecule has 5 nitrogen and oxygen atoms in total. The highest BCUT2D eigenvalue weighted by molar-refractivity contribution is 5.95. The number of benzene rings is 1. The maximum atomic E-state index is 12.4. The standard InChI is InChI=1S/C15H18N2O3/c1-3-6-16-13-5-4-12(11-14(13)19-2)15(18)17-7-9-20-10-8-17/h1,4-5,11,16H,6-10H2,2H3. The van der Waals surface area contributed by atoms with Crippen LogP contribution in [0.3, 0.4) is 0 Å². The quantitative estimate of drug-likeness (QED) is 0.839. The van der Waals surface area contributed by atoms with Crippen LogP contribution in [-0.4, -0.2) is 50.8 Å². The summed E-state index contributed by atoms with van der Waals surface area (Å²) >= 11 is 0. The molecule has 1 amide bonds. The summed E-state index contributed by atoms with van der Waals surface area (Å²) in [5, 5.41) is 3.05. The van der Waals surface area contributed by atoms with Crippen LogP contribution in [0.25, 0.3) is 0 Å². The first-order chi connectivity index (χ1) is 9.76. The summed E-state index contributed by atoms with van der Waals surface area (Å²) in [7, 11) is 1.57. The van der Waals surface area contributed by atoms with E-state index in [2.05, 4.69) is 11.2 Å². The molecule has 0 aliphatic carbocycles. The fourth-order valence-corrected chi connectivity index (χ4v) is 2.07. The fraction of sp³-hybridized carbons (Fsp3) is 0.400. The van der Waals surface area contributed by atoms with E-state index in [1.165, 1.54) is 0 Å². The van der Waals surface area contributed by atoms with Crippen LogP contribution < -0.4 is 10.1 Å². The number of terminal acetylenes is 1. The van der Waals surface area contributed by atoms with Crippen molar-refractivity contribution in [3.63, 3.8) is 0 Å². The Morgan fingerprint density at radius 3 is 2.90 bits per heavy atom. The van der Waals surface area contributed by atoms with Crippen LogP contribution in [0.2, 0.25) is 0 Å². The van der Waals surface area contributed by atoms with Crippen LogP contribution >= 0.6 is 0 Å². The molecule has 1 fully saturated rings. The zero-order valence-electron chi connectivity index (χ0n) is 11.5. The number of nitrogens with zero attached hydrogens (tertiary/aromatic N) is 1. The predicted molar refractivity (Wildman–Crippen MR) is 77.0 cm³/mol. The number of anilines is 1. The number of hydrogen-bond acceptors (Lipinski definition) is 4. The lowest BCUT2D eigenvalue weighted by molar-refractivity contribution is 0.0302. The highest BCUT2D eigenvalue weighted by Crippen LogP contribution is 2.26. The second kappa shape index (κ2) is 6.83. The lowest BCUT2D eigenvalue weighted by atomic mass is 10.1. The van der Waals surface area contributed by atoms with E-state index in [1.807, 2.05) is 6.07 Å². The molecule has 0 atom stereocenters. The van der Waals surface area contributed by atoms with Crippen molar-refractivity contribution >= 4 is 11.6 Å². The van der Waals surface area contributed by atoms with Gasteiger partial charge in [0.2, 0.25) is 0 Å². The Labute approximate surface area is 118 Å². The van der Waals surface area contributed by atoms with Crippen molar-refractivity contribution in [1.29, 1.82) is 0 Å². The average Bonchev–Trinajstić information content (AvgIpc) is 2.52. The van der Waals surface area contributed by atoms with Gasteiger partial charge in [-0.3, -0.25) is 4.79 Å². The number of carbonyl (C=O) groups excluding carboxylic acids is 1. The third kappa shape index (κ3) is 3.22. The number of morpholine rings is 1. The fourth-order valence-electron chi connectivity index (χ4n) is 2.07. The Hall–Kier alpha value is -2.19. The molecular weight excluding hydrogens is 256 g/mol. The molecule has 5 heteroatoms. The summed E-state index contributed by atoms with van der Waals surface area (Å²) in [6.45, 7) is 2.83. The largest absolute Gasteiger partial charge is 0.495 e. The van der Waals surface area contributed by atoms with Crippen molar-refractivity contribution in [2.45, 2.75) is 0 Å². The van der Waals surface area contributed by atoms with E-state index >= 15 is 0 Å². The van der Waals surface area contributed by atoms with Gasteiger partial charge < -0.3 is 19.7 Å². The van der Waals surface area contributed by atoms with Gasteiger partial charge in [-0.15, -0.1) is 6.42 Å². The number of hydrogen-bond donors (Lipinski definition) is 1. The van der Waals surface area contributed by atoms with Crippen molar-refractivity contribution < 1.29 is 14.3 Å². The second-order valence-corrected chi connectivity index (χ2v) is 4.38. The van der Waals surface area contributed by atoms with Gasteiger partial charge in [-0.05, 0) is 18.2 Å². The Morgan fingerprint density at radius 1 is 1.50 bits per heavy atom. The minimum absolute atomic E-state index is 0.00454. The highest BCUT2D eigenvalue weighted by atomic mass is 16.5. The van der Waals surface area contributed by atoms with Gasteiger partial charge in [0.15, 0.2) is 0 Å². The third-order valence-electron chi connectivity index (χ3n) is 3.13. The molecule has 1 aliphatic heterocycles. The first-order valence-electron chi connectivity index (χ1n) is 6.48. The topological polar surface area (TPSA) is 50.8 Å². The van der Waals surface area contributed by atoms with Gasteiger partial charge in [-0.1, -0.05) is 5.92 Å². The van der Waals surface area contributed by atoms with E-state index in [0.717, 1.165) is 5.69 Å².